The standard InChI is InChI=1S/C44H41BN2O5/c1-2-28-26-37-42(44(50)47(43(37)49)34-21-19-33(20-22-34)46-32-13-7-4-8-14-32)38-27-45(51)52-40(41(28)38)24-18-30(29-11-5-3-6-12-29)25-31-17-23-39(48)36-16-10-9-15-35(31)36/h3-17,19-23,25,37-38,40,42,46,48,51H,2,18,24,26-27H2,1H3/b30-25-/t37-,38+,40-,42-/m1/s1. The van der Waals surface area contributed by atoms with Crippen LogP contribution in [-0.4, -0.2) is 35.2 Å². The minimum Gasteiger partial charge on any atom is -0.507 e. The number of imide groups is 1. The van der Waals surface area contributed by atoms with E-state index in [1.807, 2.05) is 103 Å². The minimum atomic E-state index is -1.04. The highest BCUT2D eigenvalue weighted by molar-refractivity contribution is 6.43. The summed E-state index contributed by atoms with van der Waals surface area (Å²) in [6, 6.07) is 39.0. The summed E-state index contributed by atoms with van der Waals surface area (Å²) in [5.74, 6) is -1.42. The molecule has 0 saturated carbocycles. The Balaban J connectivity index is 1.07. The topological polar surface area (TPSA) is 99.1 Å². The van der Waals surface area contributed by atoms with Gasteiger partial charge in [0.05, 0.1) is 23.6 Å². The third kappa shape index (κ3) is 6.33. The van der Waals surface area contributed by atoms with Crippen molar-refractivity contribution in [1.29, 1.82) is 0 Å². The average Bonchev–Trinajstić information content (AvgIpc) is 3.43. The Morgan fingerprint density at radius 3 is 2.23 bits per heavy atom. The van der Waals surface area contributed by atoms with E-state index in [1.54, 1.807) is 6.07 Å². The number of phenolic OH excluding ortho intramolecular Hbond substituents is 1. The number of para-hydroxylation sites is 1. The van der Waals surface area contributed by atoms with Gasteiger partial charge in [-0.15, -0.1) is 0 Å². The molecule has 2 heterocycles. The van der Waals surface area contributed by atoms with E-state index in [2.05, 4.69) is 30.4 Å². The molecule has 0 unspecified atom stereocenters. The predicted octanol–water partition coefficient (Wildman–Crippen LogP) is 9.02. The Morgan fingerprint density at radius 2 is 1.50 bits per heavy atom. The van der Waals surface area contributed by atoms with Gasteiger partial charge in [0.15, 0.2) is 0 Å². The van der Waals surface area contributed by atoms with Crippen molar-refractivity contribution in [1.82, 2.24) is 0 Å². The van der Waals surface area contributed by atoms with Gasteiger partial charge >= 0.3 is 7.12 Å². The molecule has 2 aliphatic heterocycles. The first-order valence-electron chi connectivity index (χ1n) is 18.2. The van der Waals surface area contributed by atoms with Crippen LogP contribution in [0.4, 0.5) is 17.1 Å². The van der Waals surface area contributed by atoms with E-state index in [-0.39, 0.29) is 29.8 Å². The molecule has 0 spiro atoms. The number of nitrogens with zero attached hydrogens (tertiary/aromatic N) is 1. The van der Waals surface area contributed by atoms with E-state index in [4.69, 9.17) is 4.65 Å². The number of benzene rings is 5. The molecule has 1 aliphatic carbocycles. The zero-order valence-electron chi connectivity index (χ0n) is 29.1. The minimum absolute atomic E-state index is 0.170. The molecular weight excluding hydrogens is 647 g/mol. The zero-order chi connectivity index (χ0) is 35.8. The average molecular weight is 689 g/mol. The van der Waals surface area contributed by atoms with Crippen molar-refractivity contribution in [2.24, 2.45) is 17.8 Å². The Hall–Kier alpha value is -5.44. The van der Waals surface area contributed by atoms with Crippen LogP contribution in [0.3, 0.4) is 0 Å². The molecule has 5 aromatic carbocycles. The summed E-state index contributed by atoms with van der Waals surface area (Å²) in [6.45, 7) is 2.10. The number of hydrogen-bond donors (Lipinski definition) is 3. The molecule has 7 nitrogen and oxygen atoms in total. The van der Waals surface area contributed by atoms with Gasteiger partial charge in [-0.3, -0.25) is 14.5 Å². The highest BCUT2D eigenvalue weighted by Crippen LogP contribution is 2.52. The van der Waals surface area contributed by atoms with Crippen LogP contribution in [-0.2, 0) is 14.2 Å². The lowest BCUT2D eigenvalue weighted by Gasteiger charge is -2.43. The fourth-order valence-electron chi connectivity index (χ4n) is 8.60. The lowest BCUT2D eigenvalue weighted by molar-refractivity contribution is -0.122. The quantitative estimate of drug-likeness (QED) is 0.0619. The molecule has 2 saturated heterocycles. The Morgan fingerprint density at radius 1 is 0.827 bits per heavy atom. The lowest BCUT2D eigenvalue weighted by Crippen LogP contribution is -2.46. The van der Waals surface area contributed by atoms with Crippen LogP contribution < -0.4 is 10.2 Å². The highest BCUT2D eigenvalue weighted by Gasteiger charge is 2.57. The van der Waals surface area contributed by atoms with Crippen LogP contribution in [0.25, 0.3) is 22.4 Å². The molecule has 4 atom stereocenters. The number of nitrogens with one attached hydrogen (secondary N) is 1. The van der Waals surface area contributed by atoms with E-state index in [1.165, 1.54) is 4.90 Å². The fraction of sp³-hybridized carbons (Fsp3) is 0.227. The normalized spacial score (nSPS) is 21.8. The first kappa shape index (κ1) is 33.7. The van der Waals surface area contributed by atoms with Crippen LogP contribution in [0.1, 0.15) is 43.7 Å². The first-order valence-corrected chi connectivity index (χ1v) is 18.2. The lowest BCUT2D eigenvalue weighted by atomic mass is 9.58. The van der Waals surface area contributed by atoms with E-state index < -0.39 is 25.1 Å². The maximum Gasteiger partial charge on any atom is 0.455 e. The van der Waals surface area contributed by atoms with E-state index in [0.29, 0.717) is 24.9 Å². The van der Waals surface area contributed by atoms with Crippen molar-refractivity contribution < 1.29 is 24.4 Å². The summed E-state index contributed by atoms with van der Waals surface area (Å²) >= 11 is 0. The Bertz CT molecular complexity index is 2180. The number of carbonyl (C=O) groups is 2. The SMILES string of the molecule is CCC1=C2[C@@H](CC/C(=C/c3ccc(O)c4ccccc34)c3ccccc3)OB(O)C[C@@H]2[C@@H]2C(=O)N(c3ccc(Nc4ccccc4)cc3)C(=O)[C@@H]2C1. The molecule has 0 aromatic heterocycles. The van der Waals surface area contributed by atoms with Crippen LogP contribution in [0, 0.1) is 17.8 Å². The van der Waals surface area contributed by atoms with Crippen molar-refractivity contribution in [3.05, 3.63) is 144 Å². The number of fused-ring (bicyclic) bond motifs is 4. The number of anilines is 3. The van der Waals surface area contributed by atoms with Crippen LogP contribution >= 0.6 is 0 Å². The van der Waals surface area contributed by atoms with Gasteiger partial charge in [-0.25, -0.2) is 0 Å². The summed E-state index contributed by atoms with van der Waals surface area (Å²) in [4.78, 5) is 29.7. The number of amides is 2. The van der Waals surface area contributed by atoms with Gasteiger partial charge in [-0.05, 0) is 108 Å². The van der Waals surface area contributed by atoms with E-state index in [9.17, 15) is 19.7 Å². The highest BCUT2D eigenvalue weighted by atomic mass is 16.5. The largest absolute Gasteiger partial charge is 0.507 e. The molecule has 3 aliphatic rings. The van der Waals surface area contributed by atoms with Crippen molar-refractivity contribution in [3.8, 4) is 5.75 Å². The number of allylic oxidation sites excluding steroid dienone is 2. The number of carbonyl (C=O) groups excluding carboxylic acids is 2. The smallest absolute Gasteiger partial charge is 0.455 e. The molecule has 5 aromatic rings. The summed E-state index contributed by atoms with van der Waals surface area (Å²) in [7, 11) is -1.04. The maximum atomic E-state index is 14.3. The van der Waals surface area contributed by atoms with Gasteiger partial charge in [0.1, 0.15) is 5.75 Å². The molecule has 260 valence electrons. The molecule has 8 heteroatoms. The predicted molar refractivity (Wildman–Crippen MR) is 208 cm³/mol. The second kappa shape index (κ2) is 14.3. The van der Waals surface area contributed by atoms with Crippen LogP contribution in [0.2, 0.25) is 6.32 Å². The Labute approximate surface area is 304 Å². The summed E-state index contributed by atoms with van der Waals surface area (Å²) in [5, 5.41) is 26.8. The van der Waals surface area contributed by atoms with Gasteiger partial charge < -0.3 is 20.1 Å². The number of hydrogen-bond acceptors (Lipinski definition) is 6. The number of aromatic hydroxyl groups is 1. The summed E-state index contributed by atoms with van der Waals surface area (Å²) in [6.07, 6.45) is 4.57. The molecule has 2 fully saturated rings. The van der Waals surface area contributed by atoms with Gasteiger partial charge in [0.2, 0.25) is 11.8 Å². The molecular formula is C44H41BN2O5. The van der Waals surface area contributed by atoms with Crippen LogP contribution in [0.15, 0.2) is 132 Å². The van der Waals surface area contributed by atoms with Crippen molar-refractivity contribution in [2.75, 3.05) is 10.2 Å². The monoisotopic (exact) mass is 688 g/mol. The molecule has 52 heavy (non-hydrogen) atoms. The van der Waals surface area contributed by atoms with Crippen molar-refractivity contribution in [2.45, 2.75) is 45.0 Å². The molecule has 2 amide bonds. The Kier molecular flexibility index (Phi) is 9.26. The molecule has 8 rings (SSSR count). The van der Waals surface area contributed by atoms with Crippen LogP contribution in [0.5, 0.6) is 5.75 Å². The third-order valence-corrected chi connectivity index (χ3v) is 11.0. The molecule has 3 N–H and O–H groups in total. The van der Waals surface area contributed by atoms with Crippen molar-refractivity contribution in [3.63, 3.8) is 0 Å². The third-order valence-electron chi connectivity index (χ3n) is 11.0. The zero-order valence-corrected chi connectivity index (χ0v) is 29.1. The van der Waals surface area contributed by atoms with Crippen molar-refractivity contribution >= 4 is 58.4 Å². The number of rotatable bonds is 9. The molecule has 0 radical (unpaired) electrons. The van der Waals surface area contributed by atoms with Gasteiger partial charge in [0, 0.05) is 16.8 Å². The maximum absolute atomic E-state index is 14.3. The van der Waals surface area contributed by atoms with E-state index >= 15 is 0 Å². The molecule has 0 bridgehead atoms. The number of phenols is 1. The fourth-order valence-corrected chi connectivity index (χ4v) is 8.60. The second-order valence-corrected chi connectivity index (χ2v) is 14.0. The summed E-state index contributed by atoms with van der Waals surface area (Å²) in [5.41, 5.74) is 7.81. The second-order valence-electron chi connectivity index (χ2n) is 14.0. The van der Waals surface area contributed by atoms with E-state index in [0.717, 1.165) is 56.4 Å². The summed E-state index contributed by atoms with van der Waals surface area (Å²) < 4.78 is 6.31. The van der Waals surface area contributed by atoms with Gasteiger partial charge in [-0.2, -0.15) is 0 Å². The van der Waals surface area contributed by atoms with Gasteiger partial charge in [-0.1, -0.05) is 97.4 Å². The van der Waals surface area contributed by atoms with Gasteiger partial charge in [0.25, 0.3) is 0 Å². The first-order chi connectivity index (χ1) is 25.4.